The van der Waals surface area contributed by atoms with Crippen LogP contribution in [0.5, 0.6) is 23.0 Å². The van der Waals surface area contributed by atoms with Gasteiger partial charge in [-0.05, 0) is 61.1 Å². The molecule has 1 aliphatic rings. The number of carbonyl (C=O) groups excluding carboxylic acids is 1. The lowest BCUT2D eigenvalue weighted by molar-refractivity contribution is -0.117. The van der Waals surface area contributed by atoms with Gasteiger partial charge in [-0.25, -0.2) is 0 Å². The van der Waals surface area contributed by atoms with Crippen LogP contribution < -0.4 is 18.9 Å². The van der Waals surface area contributed by atoms with Gasteiger partial charge in [0.1, 0.15) is 0 Å². The Morgan fingerprint density at radius 2 is 0.836 bits per heavy atom. The lowest BCUT2D eigenvalue weighted by Crippen LogP contribution is -2.06. The van der Waals surface area contributed by atoms with Gasteiger partial charge in [-0.2, -0.15) is 0 Å². The maximum Gasteiger partial charge on any atom is 0.198 e. The molecule has 2 aromatic carbocycles. The SMILES string of the molecule is CCCCCCCCOc1ccc(C2=C(O)C(=O)CC2c2ccc(OCCCCCCCC)c(OCCCCCCCC)c2)cc1OCCCCCCCC. The van der Waals surface area contributed by atoms with Gasteiger partial charge in [-0.1, -0.05) is 168 Å². The van der Waals surface area contributed by atoms with Crippen LogP contribution in [0.15, 0.2) is 42.2 Å². The predicted molar refractivity (Wildman–Crippen MR) is 230 cm³/mol. The van der Waals surface area contributed by atoms with E-state index in [4.69, 9.17) is 18.9 Å². The van der Waals surface area contributed by atoms with Gasteiger partial charge in [0.25, 0.3) is 0 Å². The molecule has 0 amide bonds. The first-order valence-corrected chi connectivity index (χ1v) is 22.8. The molecule has 1 aliphatic carbocycles. The van der Waals surface area contributed by atoms with Crippen LogP contribution in [0.2, 0.25) is 0 Å². The topological polar surface area (TPSA) is 74.2 Å². The number of unbranched alkanes of at least 4 members (excludes halogenated alkanes) is 20. The highest BCUT2D eigenvalue weighted by atomic mass is 16.5. The van der Waals surface area contributed by atoms with Gasteiger partial charge >= 0.3 is 0 Å². The Balaban J connectivity index is 1.80. The van der Waals surface area contributed by atoms with E-state index >= 15 is 0 Å². The summed E-state index contributed by atoms with van der Waals surface area (Å²) >= 11 is 0. The monoisotopic (exact) mass is 763 g/mol. The summed E-state index contributed by atoms with van der Waals surface area (Å²) in [6.45, 7) is 11.5. The Morgan fingerprint density at radius 3 is 1.27 bits per heavy atom. The molecular weight excluding hydrogens is 685 g/mol. The molecular formula is C49H78O6. The van der Waals surface area contributed by atoms with Gasteiger partial charge in [-0.3, -0.25) is 4.79 Å². The van der Waals surface area contributed by atoms with E-state index in [9.17, 15) is 9.90 Å². The lowest BCUT2D eigenvalue weighted by atomic mass is 9.88. The molecule has 0 aromatic heterocycles. The minimum absolute atomic E-state index is 0.162. The molecule has 0 aliphatic heterocycles. The molecule has 1 atom stereocenters. The Hall–Kier alpha value is -3.15. The second-order valence-corrected chi connectivity index (χ2v) is 15.8. The first-order valence-electron chi connectivity index (χ1n) is 22.8. The van der Waals surface area contributed by atoms with Crippen molar-refractivity contribution in [1.82, 2.24) is 0 Å². The van der Waals surface area contributed by atoms with Gasteiger partial charge < -0.3 is 24.1 Å². The van der Waals surface area contributed by atoms with Crippen molar-refractivity contribution in [2.75, 3.05) is 26.4 Å². The Morgan fingerprint density at radius 1 is 0.473 bits per heavy atom. The summed E-state index contributed by atoms with van der Waals surface area (Å²) in [5.41, 5.74) is 2.37. The van der Waals surface area contributed by atoms with Crippen LogP contribution in [-0.2, 0) is 4.79 Å². The van der Waals surface area contributed by atoms with E-state index < -0.39 is 0 Å². The van der Waals surface area contributed by atoms with Crippen molar-refractivity contribution in [3.63, 3.8) is 0 Å². The number of ketones is 1. The summed E-state index contributed by atoms with van der Waals surface area (Å²) in [5, 5.41) is 11.3. The molecule has 0 heterocycles. The molecule has 1 N–H and O–H groups in total. The number of rotatable bonds is 34. The molecule has 0 fully saturated rings. The van der Waals surface area contributed by atoms with Crippen LogP contribution in [-0.4, -0.2) is 37.3 Å². The van der Waals surface area contributed by atoms with Crippen LogP contribution in [0.4, 0.5) is 0 Å². The Kier molecular flexibility index (Phi) is 24.5. The van der Waals surface area contributed by atoms with E-state index in [-0.39, 0.29) is 23.9 Å². The summed E-state index contributed by atoms with van der Waals surface area (Å²) < 4.78 is 25.4. The fraction of sp³-hybridized carbons (Fsp3) is 0.694. The second kappa shape index (κ2) is 29.1. The molecule has 0 spiro atoms. The maximum atomic E-state index is 13.2. The van der Waals surface area contributed by atoms with E-state index in [0.717, 1.165) is 79.7 Å². The van der Waals surface area contributed by atoms with Crippen molar-refractivity contribution >= 4 is 11.4 Å². The number of benzene rings is 2. The first kappa shape index (κ1) is 46.2. The van der Waals surface area contributed by atoms with Crippen molar-refractivity contribution in [2.45, 2.75) is 194 Å². The molecule has 6 nitrogen and oxygen atoms in total. The summed E-state index contributed by atoms with van der Waals surface area (Å²) in [5.74, 6) is 2.16. The molecule has 0 bridgehead atoms. The summed E-state index contributed by atoms with van der Waals surface area (Å²) in [4.78, 5) is 13.2. The Labute approximate surface area is 336 Å². The van der Waals surface area contributed by atoms with E-state index in [2.05, 4.69) is 27.7 Å². The zero-order valence-electron chi connectivity index (χ0n) is 35.5. The smallest absolute Gasteiger partial charge is 0.198 e. The fourth-order valence-electron chi connectivity index (χ4n) is 7.46. The minimum Gasteiger partial charge on any atom is -0.504 e. The highest BCUT2D eigenvalue weighted by Crippen LogP contribution is 2.46. The average Bonchev–Trinajstić information content (AvgIpc) is 3.50. The number of aliphatic hydroxyl groups excluding tert-OH is 1. The molecule has 0 radical (unpaired) electrons. The standard InChI is InChI=1S/C49H78O6/c1-5-9-13-17-21-25-33-52-44-31-29-40(37-46(44)54-35-27-23-19-15-11-7-3)42-39-43(50)49(51)48(42)41-30-32-45(53-34-26-22-18-14-10-6-2)47(38-41)55-36-28-24-20-16-12-8-4/h29-32,37-38,42,51H,5-28,33-36,39H2,1-4H3. The second-order valence-electron chi connectivity index (χ2n) is 15.8. The van der Waals surface area contributed by atoms with Crippen LogP contribution in [0.3, 0.4) is 0 Å². The number of allylic oxidation sites excluding steroid dienone is 2. The summed E-state index contributed by atoms with van der Waals surface area (Å²) in [7, 11) is 0. The predicted octanol–water partition coefficient (Wildman–Crippen LogP) is 14.7. The van der Waals surface area contributed by atoms with E-state index in [1.54, 1.807) is 0 Å². The van der Waals surface area contributed by atoms with E-state index in [1.807, 2.05) is 36.4 Å². The molecule has 2 aromatic rings. The van der Waals surface area contributed by atoms with Gasteiger partial charge in [0.15, 0.2) is 34.5 Å². The zero-order chi connectivity index (χ0) is 39.4. The third kappa shape index (κ3) is 17.7. The molecule has 0 saturated carbocycles. The normalized spacial score (nSPS) is 14.2. The van der Waals surface area contributed by atoms with Gasteiger partial charge in [0.2, 0.25) is 0 Å². The van der Waals surface area contributed by atoms with E-state index in [1.165, 1.54) is 103 Å². The Bertz CT molecular complexity index is 1350. The molecule has 3 rings (SSSR count). The lowest BCUT2D eigenvalue weighted by Gasteiger charge is -2.20. The van der Waals surface area contributed by atoms with Gasteiger partial charge in [0.05, 0.1) is 26.4 Å². The third-order valence-corrected chi connectivity index (χ3v) is 10.9. The minimum atomic E-state index is -0.308. The fourth-order valence-corrected chi connectivity index (χ4v) is 7.46. The highest BCUT2D eigenvalue weighted by Gasteiger charge is 2.35. The molecule has 1 unspecified atom stereocenters. The van der Waals surface area contributed by atoms with Crippen LogP contribution in [0.25, 0.3) is 5.57 Å². The number of ether oxygens (including phenoxy) is 4. The molecule has 310 valence electrons. The van der Waals surface area contributed by atoms with Gasteiger partial charge in [0, 0.05) is 17.9 Å². The zero-order valence-corrected chi connectivity index (χ0v) is 35.5. The summed E-state index contributed by atoms with van der Waals surface area (Å²) in [6.07, 6.45) is 28.9. The maximum absolute atomic E-state index is 13.2. The number of Topliss-reactive ketones (excluding diaryl/α,β-unsaturated/α-hetero) is 1. The van der Waals surface area contributed by atoms with E-state index in [0.29, 0.717) is 37.8 Å². The summed E-state index contributed by atoms with van der Waals surface area (Å²) in [6, 6.07) is 12.0. The average molecular weight is 763 g/mol. The van der Waals surface area contributed by atoms with Crippen LogP contribution >= 0.6 is 0 Å². The van der Waals surface area contributed by atoms with Gasteiger partial charge in [-0.15, -0.1) is 0 Å². The first-order chi connectivity index (χ1) is 27.0. The van der Waals surface area contributed by atoms with Crippen LogP contribution in [0, 0.1) is 0 Å². The van der Waals surface area contributed by atoms with Crippen LogP contribution in [0.1, 0.15) is 205 Å². The van der Waals surface area contributed by atoms with Crippen molar-refractivity contribution in [3.8, 4) is 23.0 Å². The largest absolute Gasteiger partial charge is 0.504 e. The highest BCUT2D eigenvalue weighted by molar-refractivity contribution is 6.07. The third-order valence-electron chi connectivity index (χ3n) is 10.9. The number of aliphatic hydroxyl groups is 1. The van der Waals surface area contributed by atoms with Crippen molar-refractivity contribution < 1.29 is 28.8 Å². The van der Waals surface area contributed by atoms with Crippen molar-refractivity contribution in [1.29, 1.82) is 0 Å². The quantitative estimate of drug-likeness (QED) is 0.0716. The number of hydrogen-bond acceptors (Lipinski definition) is 6. The molecule has 55 heavy (non-hydrogen) atoms. The molecule has 6 heteroatoms. The molecule has 0 saturated heterocycles. The van der Waals surface area contributed by atoms with Crippen molar-refractivity contribution in [2.24, 2.45) is 0 Å². The number of carbonyl (C=O) groups is 1. The number of hydrogen-bond donors (Lipinski definition) is 1. The van der Waals surface area contributed by atoms with Crippen molar-refractivity contribution in [3.05, 3.63) is 53.3 Å².